The first-order chi connectivity index (χ1) is 11.9. The lowest BCUT2D eigenvalue weighted by Crippen LogP contribution is -2.37. The molecule has 0 radical (unpaired) electrons. The number of carbonyl (C=O) groups is 2. The normalized spacial score (nSPS) is 11.8. The summed E-state index contributed by atoms with van der Waals surface area (Å²) in [7, 11) is 0. The summed E-state index contributed by atoms with van der Waals surface area (Å²) in [6, 6.07) is 3.48. The molecule has 1 atom stereocenters. The van der Waals surface area contributed by atoms with Crippen LogP contribution in [0.5, 0.6) is 0 Å². The Kier molecular flexibility index (Phi) is 6.04. The van der Waals surface area contributed by atoms with Gasteiger partial charge in [0.15, 0.2) is 0 Å². The first-order valence-electron chi connectivity index (χ1n) is 7.73. The second kappa shape index (κ2) is 8.22. The number of nitrogens with zero attached hydrogens (tertiary/aromatic N) is 2. The quantitative estimate of drug-likeness (QED) is 0.660. The highest BCUT2D eigenvalue weighted by molar-refractivity contribution is 5.74. The van der Waals surface area contributed by atoms with Crippen molar-refractivity contribution in [2.24, 2.45) is 0 Å². The molecule has 0 aliphatic heterocycles. The van der Waals surface area contributed by atoms with Gasteiger partial charge in [-0.3, -0.25) is 4.79 Å². The largest absolute Gasteiger partial charge is 0.481 e. The molecule has 3 N–H and O–H groups in total. The van der Waals surface area contributed by atoms with Crippen LogP contribution in [0.3, 0.4) is 0 Å². The molecule has 9 heteroatoms. The number of aromatic nitrogens is 2. The van der Waals surface area contributed by atoms with E-state index in [0.717, 1.165) is 0 Å². The van der Waals surface area contributed by atoms with E-state index in [9.17, 15) is 14.0 Å². The molecule has 1 aromatic heterocycles. The van der Waals surface area contributed by atoms with Crippen LogP contribution in [0.2, 0.25) is 0 Å². The number of aliphatic carboxylic acids is 1. The Hall–Kier alpha value is -2.97. The lowest BCUT2D eigenvalue weighted by Gasteiger charge is -2.10. The number of urea groups is 1. The first kappa shape index (κ1) is 18.4. The molecule has 1 heterocycles. The van der Waals surface area contributed by atoms with Crippen LogP contribution in [0.1, 0.15) is 37.3 Å². The smallest absolute Gasteiger partial charge is 0.315 e. The Bertz CT molecular complexity index is 762. The van der Waals surface area contributed by atoms with E-state index in [1.165, 1.54) is 6.07 Å². The molecule has 134 valence electrons. The van der Waals surface area contributed by atoms with Crippen LogP contribution in [0.25, 0.3) is 11.4 Å². The molecule has 0 fully saturated rings. The predicted octanol–water partition coefficient (Wildman–Crippen LogP) is 2.41. The van der Waals surface area contributed by atoms with Gasteiger partial charge in [-0.25, -0.2) is 9.18 Å². The van der Waals surface area contributed by atoms with Crippen LogP contribution in [0.15, 0.2) is 22.7 Å². The molecule has 0 saturated heterocycles. The molecule has 0 spiro atoms. The Balaban J connectivity index is 1.91. The summed E-state index contributed by atoms with van der Waals surface area (Å²) >= 11 is 0. The summed E-state index contributed by atoms with van der Waals surface area (Å²) in [4.78, 5) is 26.3. The highest BCUT2D eigenvalue weighted by atomic mass is 19.1. The zero-order chi connectivity index (χ0) is 18.4. The van der Waals surface area contributed by atoms with Gasteiger partial charge in [-0.1, -0.05) is 5.16 Å². The molecule has 0 bridgehead atoms. The maximum absolute atomic E-state index is 13.3. The third-order valence-electron chi connectivity index (χ3n) is 3.43. The number of carboxylic acid groups (broad SMARTS) is 1. The van der Waals surface area contributed by atoms with Crippen LogP contribution in [0.4, 0.5) is 9.18 Å². The zero-order valence-electron chi connectivity index (χ0n) is 13.9. The van der Waals surface area contributed by atoms with Gasteiger partial charge >= 0.3 is 12.0 Å². The van der Waals surface area contributed by atoms with Gasteiger partial charge in [0.25, 0.3) is 0 Å². The van der Waals surface area contributed by atoms with E-state index >= 15 is 0 Å². The maximum atomic E-state index is 13.3. The minimum atomic E-state index is -0.912. The number of carboxylic acids is 1. The number of amides is 2. The molecule has 8 nitrogen and oxygen atoms in total. The summed E-state index contributed by atoms with van der Waals surface area (Å²) in [6.07, 6.45) is 0.325. The number of hydrogen-bond acceptors (Lipinski definition) is 5. The van der Waals surface area contributed by atoms with Gasteiger partial charge < -0.3 is 20.3 Å². The number of rotatable bonds is 7. The number of carbonyl (C=O) groups excluding carboxylic acids is 1. The Morgan fingerprint density at radius 2 is 2.16 bits per heavy atom. The fourth-order valence-electron chi connectivity index (χ4n) is 2.06. The average molecular weight is 350 g/mol. The van der Waals surface area contributed by atoms with Crippen molar-refractivity contribution in [2.75, 3.05) is 6.54 Å². The fraction of sp³-hybridized carbons (Fsp3) is 0.375. The minimum Gasteiger partial charge on any atom is -0.481 e. The second-order valence-electron chi connectivity index (χ2n) is 5.54. The van der Waals surface area contributed by atoms with Gasteiger partial charge in [0.05, 0.1) is 0 Å². The number of benzene rings is 1. The van der Waals surface area contributed by atoms with E-state index in [0.29, 0.717) is 23.4 Å². The standard InChI is InChI=1S/C16H19FN4O4/c1-9-8-11(5-6-12(9)17)14-20-15(25-21-14)10(2)19-16(24)18-7-3-4-13(22)23/h5-6,8,10H,3-4,7H2,1-2H3,(H,22,23)(H2,18,19,24). The van der Waals surface area contributed by atoms with E-state index in [4.69, 9.17) is 9.63 Å². The number of hydrogen-bond donors (Lipinski definition) is 3. The number of nitrogens with one attached hydrogen (secondary N) is 2. The topological polar surface area (TPSA) is 117 Å². The monoisotopic (exact) mass is 350 g/mol. The van der Waals surface area contributed by atoms with Crippen LogP contribution < -0.4 is 10.6 Å². The van der Waals surface area contributed by atoms with Crippen molar-refractivity contribution in [2.45, 2.75) is 32.7 Å². The molecular formula is C16H19FN4O4. The lowest BCUT2D eigenvalue weighted by atomic mass is 10.1. The third kappa shape index (κ3) is 5.27. The Morgan fingerprint density at radius 3 is 2.84 bits per heavy atom. The van der Waals surface area contributed by atoms with Gasteiger partial charge in [-0.15, -0.1) is 0 Å². The maximum Gasteiger partial charge on any atom is 0.315 e. The van der Waals surface area contributed by atoms with Gasteiger partial charge in [0, 0.05) is 18.5 Å². The molecular weight excluding hydrogens is 331 g/mol. The first-order valence-corrected chi connectivity index (χ1v) is 7.73. The Labute approximate surface area is 143 Å². The molecule has 1 aromatic carbocycles. The van der Waals surface area contributed by atoms with E-state index in [1.807, 2.05) is 0 Å². The van der Waals surface area contributed by atoms with Crippen molar-refractivity contribution >= 4 is 12.0 Å². The van der Waals surface area contributed by atoms with Gasteiger partial charge in [0.2, 0.25) is 11.7 Å². The van der Waals surface area contributed by atoms with E-state index in [-0.39, 0.29) is 24.7 Å². The number of aryl methyl sites for hydroxylation is 1. The zero-order valence-corrected chi connectivity index (χ0v) is 13.9. The molecule has 0 saturated carbocycles. The highest BCUT2D eigenvalue weighted by Crippen LogP contribution is 2.20. The SMILES string of the molecule is Cc1cc(-c2noc(C(C)NC(=O)NCCCC(=O)O)n2)ccc1F. The summed E-state index contributed by atoms with van der Waals surface area (Å²) in [5, 5.41) is 17.5. The van der Waals surface area contributed by atoms with Crippen LogP contribution in [-0.4, -0.2) is 33.8 Å². The van der Waals surface area contributed by atoms with Crippen LogP contribution >= 0.6 is 0 Å². The molecule has 0 aliphatic rings. The van der Waals surface area contributed by atoms with Crippen molar-refractivity contribution in [3.8, 4) is 11.4 Å². The van der Waals surface area contributed by atoms with Crippen molar-refractivity contribution in [3.05, 3.63) is 35.5 Å². The molecule has 25 heavy (non-hydrogen) atoms. The molecule has 2 amide bonds. The Morgan fingerprint density at radius 1 is 1.40 bits per heavy atom. The van der Waals surface area contributed by atoms with Gasteiger partial charge in [-0.05, 0) is 44.0 Å². The molecule has 0 aliphatic carbocycles. The van der Waals surface area contributed by atoms with Crippen LogP contribution in [-0.2, 0) is 4.79 Å². The predicted molar refractivity (Wildman–Crippen MR) is 86.2 cm³/mol. The van der Waals surface area contributed by atoms with Gasteiger partial charge in [-0.2, -0.15) is 4.98 Å². The van der Waals surface area contributed by atoms with Crippen molar-refractivity contribution < 1.29 is 23.6 Å². The summed E-state index contributed by atoms with van der Waals surface area (Å²) in [5.41, 5.74) is 1.08. The number of halogens is 1. The minimum absolute atomic E-state index is 0.0139. The highest BCUT2D eigenvalue weighted by Gasteiger charge is 2.17. The van der Waals surface area contributed by atoms with E-state index in [1.54, 1.807) is 26.0 Å². The third-order valence-corrected chi connectivity index (χ3v) is 3.43. The average Bonchev–Trinajstić information content (AvgIpc) is 3.04. The van der Waals surface area contributed by atoms with Crippen molar-refractivity contribution in [3.63, 3.8) is 0 Å². The summed E-state index contributed by atoms with van der Waals surface area (Å²) < 4.78 is 18.4. The van der Waals surface area contributed by atoms with E-state index < -0.39 is 18.0 Å². The summed E-state index contributed by atoms with van der Waals surface area (Å²) in [6.45, 7) is 3.55. The molecule has 2 aromatic rings. The summed E-state index contributed by atoms with van der Waals surface area (Å²) in [5.74, 6) is -0.724. The lowest BCUT2D eigenvalue weighted by molar-refractivity contribution is -0.137. The van der Waals surface area contributed by atoms with Crippen LogP contribution in [0, 0.1) is 12.7 Å². The second-order valence-corrected chi connectivity index (χ2v) is 5.54. The molecule has 2 rings (SSSR count). The fourth-order valence-corrected chi connectivity index (χ4v) is 2.06. The molecule has 1 unspecified atom stereocenters. The van der Waals surface area contributed by atoms with Crippen molar-refractivity contribution in [1.82, 2.24) is 20.8 Å². The van der Waals surface area contributed by atoms with E-state index in [2.05, 4.69) is 20.8 Å². The van der Waals surface area contributed by atoms with Gasteiger partial charge in [0.1, 0.15) is 11.9 Å². The van der Waals surface area contributed by atoms with Crippen molar-refractivity contribution in [1.29, 1.82) is 0 Å².